The summed E-state index contributed by atoms with van der Waals surface area (Å²) < 4.78 is 44.6. The minimum atomic E-state index is -1.16. The van der Waals surface area contributed by atoms with E-state index in [0.29, 0.717) is 17.5 Å². The first kappa shape index (κ1) is 25.2. The van der Waals surface area contributed by atoms with Crippen molar-refractivity contribution in [3.63, 3.8) is 0 Å². The van der Waals surface area contributed by atoms with Crippen LogP contribution in [0.2, 0.25) is 0 Å². The van der Waals surface area contributed by atoms with Gasteiger partial charge in [0.15, 0.2) is 5.65 Å². The summed E-state index contributed by atoms with van der Waals surface area (Å²) in [6.45, 7) is 3.94. The van der Waals surface area contributed by atoms with Gasteiger partial charge in [0.05, 0.1) is 24.9 Å². The lowest BCUT2D eigenvalue weighted by molar-refractivity contribution is 0.0441. The van der Waals surface area contributed by atoms with Crippen LogP contribution in [0, 0.1) is 11.6 Å². The zero-order valence-electron chi connectivity index (χ0n) is 21.3. The summed E-state index contributed by atoms with van der Waals surface area (Å²) in [5.41, 5.74) is 1.61. The monoisotopic (exact) mass is 526 g/mol. The molecule has 202 valence electrons. The van der Waals surface area contributed by atoms with Crippen molar-refractivity contribution in [1.29, 1.82) is 0 Å². The SMILES string of the molecule is OC1CCN(C2CCN(/C=C/c3cnn4ccc(N5C[C@@H](F)C[C@@H]5c5cc(F)ccc5F)nc34)CC2)CC1. The molecule has 3 saturated heterocycles. The van der Waals surface area contributed by atoms with Crippen molar-refractivity contribution in [2.24, 2.45) is 0 Å². The topological polar surface area (TPSA) is 60.1 Å². The molecule has 38 heavy (non-hydrogen) atoms. The van der Waals surface area contributed by atoms with Gasteiger partial charge in [0.25, 0.3) is 0 Å². The van der Waals surface area contributed by atoms with E-state index < -0.39 is 23.8 Å². The number of anilines is 1. The van der Waals surface area contributed by atoms with E-state index in [1.165, 1.54) is 0 Å². The largest absolute Gasteiger partial charge is 0.393 e. The van der Waals surface area contributed by atoms with Gasteiger partial charge in [0.2, 0.25) is 0 Å². The molecule has 1 aromatic carbocycles. The number of aliphatic hydroxyl groups excluding tert-OH is 1. The van der Waals surface area contributed by atoms with Gasteiger partial charge in [-0.05, 0) is 62.2 Å². The third-order valence-corrected chi connectivity index (χ3v) is 8.22. The highest BCUT2D eigenvalue weighted by Gasteiger charge is 2.36. The lowest BCUT2D eigenvalue weighted by atomic mass is 9.99. The Labute approximate surface area is 220 Å². The number of rotatable bonds is 5. The number of aliphatic hydroxyl groups is 1. The Bertz CT molecular complexity index is 1300. The summed E-state index contributed by atoms with van der Waals surface area (Å²) in [6.07, 6.45) is 10.3. The van der Waals surface area contributed by atoms with Gasteiger partial charge in [0, 0.05) is 56.0 Å². The van der Waals surface area contributed by atoms with Crippen LogP contribution in [0.5, 0.6) is 0 Å². The Balaban J connectivity index is 1.17. The quantitative estimate of drug-likeness (QED) is 0.538. The minimum Gasteiger partial charge on any atom is -0.393 e. The lowest BCUT2D eigenvalue weighted by Gasteiger charge is -2.40. The molecular weight excluding hydrogens is 493 g/mol. The van der Waals surface area contributed by atoms with E-state index in [-0.39, 0.29) is 24.6 Å². The van der Waals surface area contributed by atoms with Gasteiger partial charge >= 0.3 is 0 Å². The molecule has 2 aromatic heterocycles. The highest BCUT2D eigenvalue weighted by molar-refractivity contribution is 5.66. The van der Waals surface area contributed by atoms with Gasteiger partial charge < -0.3 is 19.8 Å². The number of fused-ring (bicyclic) bond motifs is 1. The molecule has 0 spiro atoms. The average molecular weight is 527 g/mol. The van der Waals surface area contributed by atoms with E-state index >= 15 is 0 Å². The molecule has 0 aliphatic carbocycles. The standard InChI is InChI=1S/C28H33F3N6O/c29-20-1-2-25(31)24(15-20)26-16-21(30)18-36(26)27-8-14-37-28(33-27)19(17-32-37)3-9-34-10-4-22(5-11-34)35-12-6-23(38)7-13-35/h1-3,8-9,14-15,17,21-23,26,38H,4-7,10-13,16,18H2/b9-3+/t21-,26+/m0/s1. The third kappa shape index (κ3) is 5.11. The summed E-state index contributed by atoms with van der Waals surface area (Å²) in [7, 11) is 0. The smallest absolute Gasteiger partial charge is 0.164 e. The van der Waals surface area contributed by atoms with Crippen LogP contribution in [0.25, 0.3) is 11.7 Å². The second-order valence-electron chi connectivity index (χ2n) is 10.7. The van der Waals surface area contributed by atoms with Crippen LogP contribution >= 0.6 is 0 Å². The Morgan fingerprint density at radius 3 is 2.58 bits per heavy atom. The maximum Gasteiger partial charge on any atom is 0.164 e. The number of hydrogen-bond acceptors (Lipinski definition) is 6. The van der Waals surface area contributed by atoms with Crippen molar-refractivity contribution in [3.8, 4) is 0 Å². The number of piperidine rings is 2. The zero-order chi connectivity index (χ0) is 26.2. The Morgan fingerprint density at radius 2 is 1.79 bits per heavy atom. The molecule has 0 bridgehead atoms. The van der Waals surface area contributed by atoms with Gasteiger partial charge in [0.1, 0.15) is 23.6 Å². The molecule has 2 atom stereocenters. The van der Waals surface area contributed by atoms with E-state index in [1.807, 2.05) is 6.08 Å². The molecule has 0 unspecified atom stereocenters. The molecule has 3 aliphatic heterocycles. The lowest BCUT2D eigenvalue weighted by Crippen LogP contribution is -2.47. The second-order valence-corrected chi connectivity index (χ2v) is 10.7. The van der Waals surface area contributed by atoms with Crippen molar-refractivity contribution in [3.05, 3.63) is 65.6 Å². The Kier molecular flexibility index (Phi) is 7.01. The molecule has 3 aliphatic rings. The predicted octanol–water partition coefficient (Wildman–Crippen LogP) is 4.19. The maximum absolute atomic E-state index is 14.6. The number of likely N-dealkylation sites (tertiary alicyclic amines) is 2. The van der Waals surface area contributed by atoms with Crippen molar-refractivity contribution < 1.29 is 18.3 Å². The summed E-state index contributed by atoms with van der Waals surface area (Å²) in [5.74, 6) is -0.589. The molecule has 3 aromatic rings. The van der Waals surface area contributed by atoms with Crippen LogP contribution in [-0.2, 0) is 0 Å². The van der Waals surface area contributed by atoms with Crippen LogP contribution in [0.3, 0.4) is 0 Å². The van der Waals surface area contributed by atoms with Crippen LogP contribution in [0.4, 0.5) is 19.0 Å². The van der Waals surface area contributed by atoms with Crippen LogP contribution in [0.15, 0.2) is 42.9 Å². The van der Waals surface area contributed by atoms with Gasteiger partial charge in [-0.25, -0.2) is 22.7 Å². The normalized spacial score (nSPS) is 24.3. The molecule has 1 N–H and O–H groups in total. The molecule has 0 radical (unpaired) electrons. The number of alkyl halides is 1. The highest BCUT2D eigenvalue weighted by Crippen LogP contribution is 2.38. The van der Waals surface area contributed by atoms with E-state index in [1.54, 1.807) is 27.9 Å². The third-order valence-electron chi connectivity index (χ3n) is 8.22. The molecular formula is C28H33F3N6O. The first-order valence-corrected chi connectivity index (χ1v) is 13.5. The minimum absolute atomic E-state index is 0.0635. The number of nitrogens with zero attached hydrogens (tertiary/aromatic N) is 6. The Hall–Kier alpha value is -3.11. The number of benzene rings is 1. The van der Waals surface area contributed by atoms with E-state index in [4.69, 9.17) is 4.98 Å². The first-order chi connectivity index (χ1) is 18.4. The molecule has 0 amide bonds. The molecule has 10 heteroatoms. The van der Waals surface area contributed by atoms with Crippen LogP contribution in [-0.4, -0.2) is 80.5 Å². The van der Waals surface area contributed by atoms with Crippen LogP contribution in [0.1, 0.15) is 49.3 Å². The van der Waals surface area contributed by atoms with E-state index in [2.05, 4.69) is 21.1 Å². The zero-order valence-corrected chi connectivity index (χ0v) is 21.3. The summed E-state index contributed by atoms with van der Waals surface area (Å²) in [5, 5.41) is 14.2. The Morgan fingerprint density at radius 1 is 1.00 bits per heavy atom. The number of halogens is 3. The van der Waals surface area contributed by atoms with Gasteiger partial charge in [-0.2, -0.15) is 5.10 Å². The van der Waals surface area contributed by atoms with Crippen molar-refractivity contribution >= 4 is 17.5 Å². The van der Waals surface area contributed by atoms with E-state index in [0.717, 1.165) is 75.6 Å². The predicted molar refractivity (Wildman–Crippen MR) is 139 cm³/mol. The van der Waals surface area contributed by atoms with Gasteiger partial charge in [-0.15, -0.1) is 0 Å². The molecule has 6 rings (SSSR count). The van der Waals surface area contributed by atoms with Gasteiger partial charge in [-0.1, -0.05) is 0 Å². The molecule has 3 fully saturated rings. The second kappa shape index (κ2) is 10.6. The van der Waals surface area contributed by atoms with Gasteiger partial charge in [-0.3, -0.25) is 0 Å². The number of hydrogen-bond donors (Lipinski definition) is 1. The molecule has 5 heterocycles. The summed E-state index contributed by atoms with van der Waals surface area (Å²) >= 11 is 0. The van der Waals surface area contributed by atoms with Crippen molar-refractivity contribution in [2.45, 2.75) is 56.5 Å². The first-order valence-electron chi connectivity index (χ1n) is 13.5. The maximum atomic E-state index is 14.6. The highest BCUT2D eigenvalue weighted by atomic mass is 19.1. The summed E-state index contributed by atoms with van der Waals surface area (Å²) in [6, 6.07) is 4.98. The van der Waals surface area contributed by atoms with E-state index in [9.17, 15) is 18.3 Å². The molecule has 7 nitrogen and oxygen atoms in total. The number of aromatic nitrogens is 3. The molecule has 0 saturated carbocycles. The fraction of sp³-hybridized carbons (Fsp3) is 0.500. The van der Waals surface area contributed by atoms with Crippen LogP contribution < -0.4 is 4.90 Å². The fourth-order valence-electron chi connectivity index (χ4n) is 6.09. The van der Waals surface area contributed by atoms with Crippen molar-refractivity contribution in [2.75, 3.05) is 37.6 Å². The summed E-state index contributed by atoms with van der Waals surface area (Å²) in [4.78, 5) is 11.3. The average Bonchev–Trinajstić information content (AvgIpc) is 3.52. The fourth-order valence-corrected chi connectivity index (χ4v) is 6.09. The van der Waals surface area contributed by atoms with Crippen molar-refractivity contribution in [1.82, 2.24) is 24.4 Å².